The van der Waals surface area contributed by atoms with Crippen molar-refractivity contribution in [2.45, 2.75) is 6.92 Å². The maximum absolute atomic E-state index is 12.0. The van der Waals surface area contributed by atoms with Crippen LogP contribution in [0.1, 0.15) is 16.6 Å². The summed E-state index contributed by atoms with van der Waals surface area (Å²) in [6.07, 6.45) is 0. The lowest BCUT2D eigenvalue weighted by Gasteiger charge is -2.31. The van der Waals surface area contributed by atoms with Crippen molar-refractivity contribution in [2.24, 2.45) is 11.8 Å². The number of nitrogens with one attached hydrogen (secondary N) is 2. The molecule has 98 valence electrons. The first-order valence-electron chi connectivity index (χ1n) is 5.81. The van der Waals surface area contributed by atoms with Crippen molar-refractivity contribution in [1.29, 1.82) is 0 Å². The molecule has 1 fully saturated rings. The summed E-state index contributed by atoms with van der Waals surface area (Å²) >= 11 is 1.26. The highest BCUT2D eigenvalue weighted by Gasteiger charge is 2.29. The summed E-state index contributed by atoms with van der Waals surface area (Å²) in [6.45, 7) is 3.66. The molecule has 1 aromatic rings. The molecule has 1 amide bonds. The first kappa shape index (κ1) is 13.0. The molecule has 0 radical (unpaired) electrons. The Morgan fingerprint density at radius 3 is 2.83 bits per heavy atom. The lowest BCUT2D eigenvalue weighted by atomic mass is 9.88. The van der Waals surface area contributed by atoms with Gasteiger partial charge in [0.05, 0.1) is 12.8 Å². The van der Waals surface area contributed by atoms with Gasteiger partial charge in [0.15, 0.2) is 0 Å². The number of carbonyl (C=O) groups is 2. The predicted octanol–water partition coefficient (Wildman–Crippen LogP) is 1.33. The summed E-state index contributed by atoms with van der Waals surface area (Å²) in [5.41, 5.74) is 0.538. The molecule has 1 saturated heterocycles. The third-order valence-corrected chi connectivity index (χ3v) is 4.12. The van der Waals surface area contributed by atoms with Crippen LogP contribution in [0.15, 0.2) is 11.4 Å². The third kappa shape index (κ3) is 2.54. The Bertz CT molecular complexity index is 454. The monoisotopic (exact) mass is 268 g/mol. The van der Waals surface area contributed by atoms with Gasteiger partial charge in [-0.2, -0.15) is 0 Å². The van der Waals surface area contributed by atoms with Crippen LogP contribution in [0.2, 0.25) is 0 Å². The van der Waals surface area contributed by atoms with Crippen molar-refractivity contribution in [3.05, 3.63) is 16.3 Å². The molecular weight excluding hydrogens is 252 g/mol. The second-order valence-electron chi connectivity index (χ2n) is 4.35. The minimum absolute atomic E-state index is 0.0509. The van der Waals surface area contributed by atoms with E-state index in [-0.39, 0.29) is 11.8 Å². The van der Waals surface area contributed by atoms with Crippen LogP contribution in [-0.2, 0) is 9.53 Å². The van der Waals surface area contributed by atoms with Crippen molar-refractivity contribution in [2.75, 3.05) is 25.5 Å². The van der Waals surface area contributed by atoms with E-state index in [1.807, 2.05) is 6.92 Å². The fourth-order valence-electron chi connectivity index (χ4n) is 1.78. The van der Waals surface area contributed by atoms with Crippen molar-refractivity contribution < 1.29 is 14.3 Å². The largest absolute Gasteiger partial charge is 0.465 e. The molecule has 0 saturated carbocycles. The fraction of sp³-hybridized carbons (Fsp3) is 0.500. The molecule has 0 bridgehead atoms. The lowest BCUT2D eigenvalue weighted by Crippen LogP contribution is -2.48. The molecule has 1 unspecified atom stereocenters. The van der Waals surface area contributed by atoms with E-state index in [4.69, 9.17) is 0 Å². The Kier molecular flexibility index (Phi) is 3.98. The molecule has 6 heteroatoms. The number of rotatable bonds is 4. The van der Waals surface area contributed by atoms with Crippen molar-refractivity contribution >= 4 is 28.9 Å². The zero-order valence-corrected chi connectivity index (χ0v) is 11.2. The Morgan fingerprint density at radius 1 is 1.56 bits per heavy atom. The summed E-state index contributed by atoms with van der Waals surface area (Å²) < 4.78 is 4.67. The normalized spacial score (nSPS) is 16.8. The Morgan fingerprint density at radius 2 is 2.28 bits per heavy atom. The molecule has 0 aromatic carbocycles. The molecule has 2 heterocycles. The van der Waals surface area contributed by atoms with E-state index in [9.17, 15) is 9.59 Å². The standard InChI is InChI=1S/C12H16N2O3S/c1-7(8-5-13-6-8)11(15)14-9-3-4-18-10(9)12(16)17-2/h3-4,7-8,13H,5-6H2,1-2H3,(H,14,15). The molecular formula is C12H16N2O3S. The van der Waals surface area contributed by atoms with Gasteiger partial charge in [-0.3, -0.25) is 4.79 Å². The first-order valence-corrected chi connectivity index (χ1v) is 6.69. The maximum Gasteiger partial charge on any atom is 0.350 e. The number of methoxy groups -OCH3 is 1. The third-order valence-electron chi connectivity index (χ3n) is 3.23. The van der Waals surface area contributed by atoms with Gasteiger partial charge in [-0.05, 0) is 30.5 Å². The Balaban J connectivity index is 2.02. The molecule has 0 aliphatic carbocycles. The zero-order chi connectivity index (χ0) is 13.1. The summed E-state index contributed by atoms with van der Waals surface area (Å²) in [5.74, 6) is -0.148. The average Bonchev–Trinajstić information content (AvgIpc) is 2.73. The average molecular weight is 268 g/mol. The van der Waals surface area contributed by atoms with Crippen molar-refractivity contribution in [3.8, 4) is 0 Å². The van der Waals surface area contributed by atoms with E-state index in [0.717, 1.165) is 13.1 Å². The number of carbonyl (C=O) groups excluding carboxylic acids is 2. The number of esters is 1. The highest BCUT2D eigenvalue weighted by molar-refractivity contribution is 7.12. The minimum Gasteiger partial charge on any atom is -0.465 e. The van der Waals surface area contributed by atoms with Gasteiger partial charge in [0, 0.05) is 5.92 Å². The van der Waals surface area contributed by atoms with E-state index in [0.29, 0.717) is 16.5 Å². The lowest BCUT2D eigenvalue weighted by molar-refractivity contribution is -0.121. The highest BCUT2D eigenvalue weighted by atomic mass is 32.1. The van der Waals surface area contributed by atoms with Crippen LogP contribution < -0.4 is 10.6 Å². The van der Waals surface area contributed by atoms with Gasteiger partial charge in [-0.1, -0.05) is 6.92 Å². The summed E-state index contributed by atoms with van der Waals surface area (Å²) in [6, 6.07) is 1.72. The van der Waals surface area contributed by atoms with Crippen LogP contribution in [0.3, 0.4) is 0 Å². The number of thiophene rings is 1. The van der Waals surface area contributed by atoms with Gasteiger partial charge >= 0.3 is 5.97 Å². The van der Waals surface area contributed by atoms with Crippen LogP contribution in [-0.4, -0.2) is 32.1 Å². The smallest absolute Gasteiger partial charge is 0.350 e. The SMILES string of the molecule is COC(=O)c1sccc1NC(=O)C(C)C1CNC1. The van der Waals surface area contributed by atoms with Crippen LogP contribution in [0.25, 0.3) is 0 Å². The van der Waals surface area contributed by atoms with E-state index < -0.39 is 5.97 Å². The van der Waals surface area contributed by atoms with Gasteiger partial charge < -0.3 is 15.4 Å². The molecule has 1 aromatic heterocycles. The fourth-order valence-corrected chi connectivity index (χ4v) is 2.55. The van der Waals surface area contributed by atoms with Crippen LogP contribution in [0.4, 0.5) is 5.69 Å². The molecule has 2 rings (SSSR count). The molecule has 1 aliphatic rings. The molecule has 5 nitrogen and oxygen atoms in total. The molecule has 1 aliphatic heterocycles. The van der Waals surface area contributed by atoms with Crippen LogP contribution >= 0.6 is 11.3 Å². The van der Waals surface area contributed by atoms with Gasteiger partial charge in [0.2, 0.25) is 5.91 Å². The number of anilines is 1. The van der Waals surface area contributed by atoms with E-state index in [1.54, 1.807) is 11.4 Å². The summed E-state index contributed by atoms with van der Waals surface area (Å²) in [4.78, 5) is 23.9. The van der Waals surface area contributed by atoms with Gasteiger partial charge in [0.1, 0.15) is 4.88 Å². The highest BCUT2D eigenvalue weighted by Crippen LogP contribution is 2.25. The van der Waals surface area contributed by atoms with E-state index >= 15 is 0 Å². The Labute approximate surface area is 110 Å². The van der Waals surface area contributed by atoms with Gasteiger partial charge in [-0.25, -0.2) is 4.79 Å². The van der Waals surface area contributed by atoms with E-state index in [1.165, 1.54) is 18.4 Å². The Hall–Kier alpha value is -1.40. The minimum atomic E-state index is -0.418. The van der Waals surface area contributed by atoms with Crippen molar-refractivity contribution in [3.63, 3.8) is 0 Å². The number of hydrogen-bond donors (Lipinski definition) is 2. The number of ether oxygens (including phenoxy) is 1. The second-order valence-corrected chi connectivity index (χ2v) is 5.27. The summed E-state index contributed by atoms with van der Waals surface area (Å²) in [5, 5.41) is 7.70. The van der Waals surface area contributed by atoms with Crippen LogP contribution in [0.5, 0.6) is 0 Å². The first-order chi connectivity index (χ1) is 8.63. The quantitative estimate of drug-likeness (QED) is 0.808. The zero-order valence-electron chi connectivity index (χ0n) is 10.4. The summed E-state index contributed by atoms with van der Waals surface area (Å²) in [7, 11) is 1.33. The van der Waals surface area contributed by atoms with Crippen molar-refractivity contribution in [1.82, 2.24) is 5.32 Å². The van der Waals surface area contributed by atoms with Gasteiger partial charge in [-0.15, -0.1) is 11.3 Å². The topological polar surface area (TPSA) is 67.4 Å². The van der Waals surface area contributed by atoms with E-state index in [2.05, 4.69) is 15.4 Å². The predicted molar refractivity (Wildman–Crippen MR) is 69.8 cm³/mol. The molecule has 18 heavy (non-hydrogen) atoms. The number of hydrogen-bond acceptors (Lipinski definition) is 5. The molecule has 1 atom stereocenters. The number of amides is 1. The molecule has 2 N–H and O–H groups in total. The molecule has 0 spiro atoms. The second kappa shape index (κ2) is 5.49. The maximum atomic E-state index is 12.0. The van der Waals surface area contributed by atoms with Crippen LogP contribution in [0, 0.1) is 11.8 Å². The van der Waals surface area contributed by atoms with Gasteiger partial charge in [0.25, 0.3) is 0 Å².